The van der Waals surface area contributed by atoms with Gasteiger partial charge in [-0.15, -0.1) is 12.4 Å². The largest absolute Gasteiger partial charge is 0.346 e. The van der Waals surface area contributed by atoms with Crippen molar-refractivity contribution in [3.8, 4) is 0 Å². The van der Waals surface area contributed by atoms with Gasteiger partial charge in [-0.3, -0.25) is 4.79 Å². The maximum atomic E-state index is 12.4. The Morgan fingerprint density at radius 3 is 2.43 bits per heavy atom. The van der Waals surface area contributed by atoms with Gasteiger partial charge in [0.15, 0.2) is 0 Å². The Labute approximate surface area is 134 Å². The quantitative estimate of drug-likeness (QED) is 0.896. The number of carbonyl (C=O) groups excluding carboxylic acids is 1. The molecule has 3 N–H and O–H groups in total. The van der Waals surface area contributed by atoms with Gasteiger partial charge in [-0.25, -0.2) is 0 Å². The second kappa shape index (κ2) is 7.28. The van der Waals surface area contributed by atoms with Crippen LogP contribution < -0.4 is 11.1 Å². The minimum atomic E-state index is -0.188. The zero-order valence-corrected chi connectivity index (χ0v) is 14.0. The first-order chi connectivity index (χ1) is 9.44. The Bertz CT molecular complexity index is 481. The van der Waals surface area contributed by atoms with Gasteiger partial charge in [0, 0.05) is 12.0 Å². The molecule has 1 aromatic rings. The van der Waals surface area contributed by atoms with E-state index in [-0.39, 0.29) is 35.8 Å². The van der Waals surface area contributed by atoms with Gasteiger partial charge in [0.1, 0.15) is 0 Å². The average molecular weight is 311 g/mol. The van der Waals surface area contributed by atoms with Gasteiger partial charge in [-0.2, -0.15) is 0 Å². The molecule has 1 amide bonds. The Kier molecular flexibility index (Phi) is 6.24. The predicted octanol–water partition coefficient (Wildman–Crippen LogP) is 3.29. The summed E-state index contributed by atoms with van der Waals surface area (Å²) in [4.78, 5) is 12.4. The number of rotatable bonds is 4. The van der Waals surface area contributed by atoms with E-state index in [0.29, 0.717) is 0 Å². The molecule has 0 heterocycles. The van der Waals surface area contributed by atoms with Crippen molar-refractivity contribution in [1.82, 2.24) is 5.32 Å². The van der Waals surface area contributed by atoms with Crippen molar-refractivity contribution in [3.05, 3.63) is 35.4 Å². The molecule has 1 aromatic carbocycles. The van der Waals surface area contributed by atoms with E-state index in [0.717, 1.165) is 12.8 Å². The number of amides is 1. The third kappa shape index (κ3) is 3.98. The fourth-order valence-corrected chi connectivity index (χ4v) is 3.00. The third-order valence-corrected chi connectivity index (χ3v) is 4.59. The van der Waals surface area contributed by atoms with Crippen LogP contribution >= 0.6 is 12.4 Å². The van der Waals surface area contributed by atoms with Crippen molar-refractivity contribution in [2.75, 3.05) is 0 Å². The molecule has 0 bridgehead atoms. The first-order valence-electron chi connectivity index (χ1n) is 7.59. The summed E-state index contributed by atoms with van der Waals surface area (Å²) in [5.74, 6) is -0.0827. The summed E-state index contributed by atoms with van der Waals surface area (Å²) in [6.45, 7) is 5.88. The molecule has 2 rings (SSSR count). The number of hydrogen-bond acceptors (Lipinski definition) is 2. The van der Waals surface area contributed by atoms with Crippen LogP contribution in [0.4, 0.5) is 0 Å². The van der Waals surface area contributed by atoms with E-state index in [4.69, 9.17) is 5.73 Å². The van der Waals surface area contributed by atoms with Crippen LogP contribution in [0.15, 0.2) is 24.3 Å². The van der Waals surface area contributed by atoms with E-state index >= 15 is 0 Å². The van der Waals surface area contributed by atoms with E-state index in [9.17, 15) is 4.79 Å². The molecule has 0 radical (unpaired) electrons. The number of aryl methyl sites for hydroxylation is 1. The summed E-state index contributed by atoms with van der Waals surface area (Å²) >= 11 is 0. The summed E-state index contributed by atoms with van der Waals surface area (Å²) in [5.41, 5.74) is 8.14. The summed E-state index contributed by atoms with van der Waals surface area (Å²) < 4.78 is 0. The van der Waals surface area contributed by atoms with Gasteiger partial charge in [-0.1, -0.05) is 49.6 Å². The van der Waals surface area contributed by atoms with Crippen molar-refractivity contribution < 1.29 is 4.79 Å². The maximum Gasteiger partial charge on any atom is 0.225 e. The van der Waals surface area contributed by atoms with Gasteiger partial charge >= 0.3 is 0 Å². The van der Waals surface area contributed by atoms with Crippen molar-refractivity contribution in [3.63, 3.8) is 0 Å². The molecule has 2 unspecified atom stereocenters. The van der Waals surface area contributed by atoms with E-state index in [1.54, 1.807) is 0 Å². The van der Waals surface area contributed by atoms with Crippen LogP contribution in [0.1, 0.15) is 50.7 Å². The summed E-state index contributed by atoms with van der Waals surface area (Å²) in [5, 5.41) is 3.30. The predicted molar refractivity (Wildman–Crippen MR) is 89.5 cm³/mol. The molecule has 1 fully saturated rings. The minimum Gasteiger partial charge on any atom is -0.346 e. The molecule has 1 aliphatic carbocycles. The Hall–Kier alpha value is -1.06. The van der Waals surface area contributed by atoms with Crippen molar-refractivity contribution in [2.24, 2.45) is 11.7 Å². The average Bonchev–Trinajstić information content (AvgIpc) is 2.87. The maximum absolute atomic E-state index is 12.4. The van der Waals surface area contributed by atoms with Gasteiger partial charge < -0.3 is 11.1 Å². The second-order valence-electron chi connectivity index (χ2n) is 6.30. The number of halogens is 1. The molecule has 0 saturated heterocycles. The smallest absolute Gasteiger partial charge is 0.225 e. The van der Waals surface area contributed by atoms with E-state index in [2.05, 4.69) is 36.5 Å². The highest BCUT2D eigenvalue weighted by Crippen LogP contribution is 2.39. The van der Waals surface area contributed by atoms with Crippen LogP contribution in [0, 0.1) is 12.8 Å². The molecule has 1 aliphatic rings. The van der Waals surface area contributed by atoms with Gasteiger partial charge in [0.2, 0.25) is 5.91 Å². The SMILES string of the molecule is Cc1cccc(C2(NC(=O)C(C)C(C)N)CCCC2)c1.Cl. The zero-order chi connectivity index (χ0) is 14.8. The van der Waals surface area contributed by atoms with Crippen molar-refractivity contribution >= 4 is 18.3 Å². The molecule has 2 atom stereocenters. The molecule has 118 valence electrons. The van der Waals surface area contributed by atoms with Crippen LogP contribution in [0.2, 0.25) is 0 Å². The Morgan fingerprint density at radius 1 is 1.29 bits per heavy atom. The number of nitrogens with two attached hydrogens (primary N) is 1. The fraction of sp³-hybridized carbons (Fsp3) is 0.588. The van der Waals surface area contributed by atoms with Gasteiger partial charge in [0.25, 0.3) is 0 Å². The van der Waals surface area contributed by atoms with Crippen LogP contribution in [-0.4, -0.2) is 11.9 Å². The molecular formula is C17H27ClN2O. The van der Waals surface area contributed by atoms with Crippen LogP contribution in [0.5, 0.6) is 0 Å². The lowest BCUT2D eigenvalue weighted by Crippen LogP contribution is -2.48. The van der Waals surface area contributed by atoms with E-state index in [1.165, 1.54) is 24.0 Å². The summed E-state index contributed by atoms with van der Waals surface area (Å²) in [7, 11) is 0. The van der Waals surface area contributed by atoms with Crippen molar-refractivity contribution in [1.29, 1.82) is 0 Å². The molecular weight excluding hydrogens is 284 g/mol. The summed E-state index contributed by atoms with van der Waals surface area (Å²) in [6, 6.07) is 8.38. The van der Waals surface area contributed by atoms with Crippen LogP contribution in [-0.2, 0) is 10.3 Å². The molecule has 21 heavy (non-hydrogen) atoms. The number of hydrogen-bond donors (Lipinski definition) is 2. The normalized spacial score (nSPS) is 19.4. The molecule has 4 heteroatoms. The number of carbonyl (C=O) groups is 1. The first kappa shape index (κ1) is 18.0. The zero-order valence-electron chi connectivity index (χ0n) is 13.2. The Balaban J connectivity index is 0.00000220. The number of nitrogens with one attached hydrogen (secondary N) is 1. The topological polar surface area (TPSA) is 55.1 Å². The van der Waals surface area contributed by atoms with Gasteiger partial charge in [-0.05, 0) is 32.3 Å². The molecule has 3 nitrogen and oxygen atoms in total. The lowest BCUT2D eigenvalue weighted by atomic mass is 9.86. The highest BCUT2D eigenvalue weighted by Gasteiger charge is 2.38. The van der Waals surface area contributed by atoms with E-state index in [1.807, 2.05) is 13.8 Å². The lowest BCUT2D eigenvalue weighted by Gasteiger charge is -2.33. The van der Waals surface area contributed by atoms with Crippen molar-refractivity contribution in [2.45, 2.75) is 58.0 Å². The first-order valence-corrected chi connectivity index (χ1v) is 7.59. The molecule has 1 saturated carbocycles. The van der Waals surface area contributed by atoms with Crippen LogP contribution in [0.3, 0.4) is 0 Å². The molecule has 0 spiro atoms. The number of benzene rings is 1. The van der Waals surface area contributed by atoms with E-state index < -0.39 is 0 Å². The van der Waals surface area contributed by atoms with Gasteiger partial charge in [0.05, 0.1) is 5.54 Å². The fourth-order valence-electron chi connectivity index (χ4n) is 3.00. The molecule has 0 aliphatic heterocycles. The third-order valence-electron chi connectivity index (χ3n) is 4.59. The Morgan fingerprint density at radius 2 is 1.90 bits per heavy atom. The standard InChI is InChI=1S/C17H26N2O.ClH/c1-12-7-6-8-15(11-12)17(9-4-5-10-17)19-16(20)13(2)14(3)18;/h6-8,11,13-14H,4-5,9-10,18H2,1-3H3,(H,19,20);1H. The minimum absolute atomic E-state index is 0. The summed E-state index contributed by atoms with van der Waals surface area (Å²) in [6.07, 6.45) is 4.38. The highest BCUT2D eigenvalue weighted by atomic mass is 35.5. The monoisotopic (exact) mass is 310 g/mol. The highest BCUT2D eigenvalue weighted by molar-refractivity contribution is 5.85. The second-order valence-corrected chi connectivity index (χ2v) is 6.30. The van der Waals surface area contributed by atoms with Crippen LogP contribution in [0.25, 0.3) is 0 Å². The molecule has 0 aromatic heterocycles. The lowest BCUT2D eigenvalue weighted by molar-refractivity contribution is -0.127.